The van der Waals surface area contributed by atoms with E-state index in [2.05, 4.69) is 17.4 Å². The molecule has 2 unspecified atom stereocenters. The number of nitrogens with one attached hydrogen (secondary N) is 1. The van der Waals surface area contributed by atoms with Crippen LogP contribution in [0, 0.1) is 5.92 Å². The van der Waals surface area contributed by atoms with Crippen molar-refractivity contribution in [2.75, 3.05) is 18.1 Å². The van der Waals surface area contributed by atoms with Crippen molar-refractivity contribution in [3.8, 4) is 0 Å². The van der Waals surface area contributed by atoms with Gasteiger partial charge in [-0.15, -0.1) is 0 Å². The molecule has 0 aromatic heterocycles. The van der Waals surface area contributed by atoms with Crippen molar-refractivity contribution in [2.45, 2.75) is 25.3 Å². The van der Waals surface area contributed by atoms with Crippen LogP contribution in [0.1, 0.15) is 18.4 Å². The van der Waals surface area contributed by atoms with Gasteiger partial charge in [-0.1, -0.05) is 30.3 Å². The number of carbonyl (C=O) groups excluding carboxylic acids is 1. The molecule has 0 saturated carbocycles. The van der Waals surface area contributed by atoms with Crippen LogP contribution in [0.3, 0.4) is 0 Å². The van der Waals surface area contributed by atoms with E-state index in [-0.39, 0.29) is 5.91 Å². The number of aryl methyl sites for hydroxylation is 1. The molecule has 2 rings (SSSR count). The first-order chi connectivity index (χ1) is 9.25. The van der Waals surface area contributed by atoms with E-state index in [4.69, 9.17) is 5.73 Å². The molecule has 1 aliphatic rings. The van der Waals surface area contributed by atoms with Crippen LogP contribution in [-0.4, -0.2) is 30.0 Å². The number of nitrogens with two attached hydrogens (primary N) is 1. The van der Waals surface area contributed by atoms with Crippen LogP contribution in [-0.2, 0) is 11.2 Å². The van der Waals surface area contributed by atoms with Gasteiger partial charge in [0.05, 0.1) is 6.04 Å². The molecule has 0 spiro atoms. The summed E-state index contributed by atoms with van der Waals surface area (Å²) >= 11 is 1.97. The topological polar surface area (TPSA) is 55.1 Å². The zero-order valence-corrected chi connectivity index (χ0v) is 12.0. The lowest BCUT2D eigenvalue weighted by Gasteiger charge is -2.14. The zero-order chi connectivity index (χ0) is 13.5. The first kappa shape index (κ1) is 14.4. The van der Waals surface area contributed by atoms with Gasteiger partial charge in [-0.05, 0) is 42.2 Å². The quantitative estimate of drug-likeness (QED) is 0.834. The molecule has 0 bridgehead atoms. The Kier molecular flexibility index (Phi) is 5.73. The molecule has 3 N–H and O–H groups in total. The summed E-state index contributed by atoms with van der Waals surface area (Å²) in [6.07, 6.45) is 2.77. The molecule has 19 heavy (non-hydrogen) atoms. The Labute approximate surface area is 119 Å². The van der Waals surface area contributed by atoms with Gasteiger partial charge in [0.2, 0.25) is 5.91 Å². The van der Waals surface area contributed by atoms with Crippen LogP contribution in [0.5, 0.6) is 0 Å². The highest BCUT2D eigenvalue weighted by Crippen LogP contribution is 2.22. The van der Waals surface area contributed by atoms with Crippen LogP contribution in [0.15, 0.2) is 30.3 Å². The van der Waals surface area contributed by atoms with E-state index in [1.54, 1.807) is 0 Å². The van der Waals surface area contributed by atoms with Crippen molar-refractivity contribution < 1.29 is 4.79 Å². The molecule has 1 aromatic rings. The minimum atomic E-state index is -0.394. The number of carbonyl (C=O) groups is 1. The highest BCUT2D eigenvalue weighted by Gasteiger charge is 2.18. The summed E-state index contributed by atoms with van der Waals surface area (Å²) in [6.45, 7) is 0.783. The van der Waals surface area contributed by atoms with E-state index < -0.39 is 6.04 Å². The fourth-order valence-corrected chi connectivity index (χ4v) is 3.50. The van der Waals surface area contributed by atoms with Crippen molar-refractivity contribution in [3.05, 3.63) is 35.9 Å². The third-order valence-electron chi connectivity index (χ3n) is 3.51. The van der Waals surface area contributed by atoms with Gasteiger partial charge in [0.15, 0.2) is 0 Å². The zero-order valence-electron chi connectivity index (χ0n) is 11.2. The Morgan fingerprint density at radius 2 is 2.21 bits per heavy atom. The Morgan fingerprint density at radius 3 is 2.89 bits per heavy atom. The van der Waals surface area contributed by atoms with E-state index in [0.717, 1.165) is 13.0 Å². The summed E-state index contributed by atoms with van der Waals surface area (Å²) in [6, 6.07) is 9.77. The lowest BCUT2D eigenvalue weighted by atomic mass is 10.0. The fourth-order valence-electron chi connectivity index (χ4n) is 2.22. The van der Waals surface area contributed by atoms with Gasteiger partial charge in [0.25, 0.3) is 0 Å². The van der Waals surface area contributed by atoms with Gasteiger partial charge in [-0.25, -0.2) is 0 Å². The van der Waals surface area contributed by atoms with Crippen molar-refractivity contribution >= 4 is 17.7 Å². The molecule has 2 atom stereocenters. The maximum atomic E-state index is 11.9. The Morgan fingerprint density at radius 1 is 1.42 bits per heavy atom. The average Bonchev–Trinajstić information content (AvgIpc) is 2.96. The molecule has 1 fully saturated rings. The standard InChI is InChI=1S/C15H22N2OS/c16-14(7-6-12-4-2-1-3-5-12)15(18)17-10-13-8-9-19-11-13/h1-5,13-14H,6-11,16H2,(H,17,18). The molecule has 0 aliphatic carbocycles. The van der Waals surface area contributed by atoms with Gasteiger partial charge >= 0.3 is 0 Å². The molecule has 104 valence electrons. The third-order valence-corrected chi connectivity index (χ3v) is 4.74. The number of hydrogen-bond donors (Lipinski definition) is 2. The van der Waals surface area contributed by atoms with Crippen molar-refractivity contribution in [1.29, 1.82) is 0 Å². The molecule has 4 heteroatoms. The normalized spacial score (nSPS) is 20.2. The van der Waals surface area contributed by atoms with Gasteiger partial charge < -0.3 is 11.1 Å². The summed E-state index contributed by atoms with van der Waals surface area (Å²) in [5.74, 6) is 3.02. The molecule has 0 radical (unpaired) electrons. The second kappa shape index (κ2) is 7.56. The lowest BCUT2D eigenvalue weighted by Crippen LogP contribution is -2.42. The molecule has 1 aromatic carbocycles. The Hall–Kier alpha value is -1.00. The molecular formula is C15H22N2OS. The van der Waals surface area contributed by atoms with Crippen LogP contribution >= 0.6 is 11.8 Å². The number of hydrogen-bond acceptors (Lipinski definition) is 3. The molecular weight excluding hydrogens is 256 g/mol. The van der Waals surface area contributed by atoms with Gasteiger partial charge in [-0.2, -0.15) is 11.8 Å². The maximum absolute atomic E-state index is 11.9. The molecule has 1 heterocycles. The van der Waals surface area contributed by atoms with Crippen LogP contribution < -0.4 is 11.1 Å². The Balaban J connectivity index is 1.67. The van der Waals surface area contributed by atoms with Gasteiger partial charge in [0, 0.05) is 6.54 Å². The monoisotopic (exact) mass is 278 g/mol. The van der Waals surface area contributed by atoms with E-state index in [9.17, 15) is 4.79 Å². The summed E-state index contributed by atoms with van der Waals surface area (Å²) < 4.78 is 0. The van der Waals surface area contributed by atoms with Crippen molar-refractivity contribution in [1.82, 2.24) is 5.32 Å². The Bertz CT molecular complexity index is 390. The third kappa shape index (κ3) is 4.88. The molecule has 1 saturated heterocycles. The molecule has 1 amide bonds. The van der Waals surface area contributed by atoms with Crippen LogP contribution in [0.25, 0.3) is 0 Å². The van der Waals surface area contributed by atoms with Crippen LogP contribution in [0.4, 0.5) is 0 Å². The smallest absolute Gasteiger partial charge is 0.236 e. The van der Waals surface area contributed by atoms with Gasteiger partial charge in [-0.3, -0.25) is 4.79 Å². The SMILES string of the molecule is NC(CCc1ccccc1)C(=O)NCC1CCSC1. The number of thioether (sulfide) groups is 1. The van der Waals surface area contributed by atoms with Crippen molar-refractivity contribution in [2.24, 2.45) is 11.7 Å². The summed E-state index contributed by atoms with van der Waals surface area (Å²) in [5, 5.41) is 2.98. The second-order valence-corrected chi connectivity index (χ2v) is 6.26. The number of rotatable bonds is 6. The first-order valence-corrected chi connectivity index (χ1v) is 8.06. The van der Waals surface area contributed by atoms with E-state index in [1.165, 1.54) is 23.5 Å². The lowest BCUT2D eigenvalue weighted by molar-refractivity contribution is -0.122. The predicted octanol–water partition coefficient (Wildman–Crippen LogP) is 1.82. The number of amides is 1. The highest BCUT2D eigenvalue weighted by molar-refractivity contribution is 7.99. The minimum absolute atomic E-state index is 0.00664. The second-order valence-electron chi connectivity index (χ2n) is 5.11. The summed E-state index contributed by atoms with van der Waals surface area (Å²) in [7, 11) is 0. The van der Waals surface area contributed by atoms with Gasteiger partial charge in [0.1, 0.15) is 0 Å². The fraction of sp³-hybridized carbons (Fsp3) is 0.533. The summed E-state index contributed by atoms with van der Waals surface area (Å²) in [5.41, 5.74) is 7.17. The molecule has 3 nitrogen and oxygen atoms in total. The predicted molar refractivity (Wildman–Crippen MR) is 81.2 cm³/mol. The van der Waals surface area contributed by atoms with E-state index >= 15 is 0 Å². The number of benzene rings is 1. The van der Waals surface area contributed by atoms with E-state index in [1.807, 2.05) is 30.0 Å². The summed E-state index contributed by atoms with van der Waals surface area (Å²) in [4.78, 5) is 11.9. The van der Waals surface area contributed by atoms with E-state index in [0.29, 0.717) is 12.3 Å². The highest BCUT2D eigenvalue weighted by atomic mass is 32.2. The molecule has 1 aliphatic heterocycles. The first-order valence-electron chi connectivity index (χ1n) is 6.90. The largest absolute Gasteiger partial charge is 0.354 e. The minimum Gasteiger partial charge on any atom is -0.354 e. The average molecular weight is 278 g/mol. The van der Waals surface area contributed by atoms with Crippen LogP contribution in [0.2, 0.25) is 0 Å². The van der Waals surface area contributed by atoms with Crippen molar-refractivity contribution in [3.63, 3.8) is 0 Å². The maximum Gasteiger partial charge on any atom is 0.236 e.